The van der Waals surface area contributed by atoms with Gasteiger partial charge < -0.3 is 4.74 Å². The van der Waals surface area contributed by atoms with Crippen LogP contribution in [0.4, 0.5) is 0 Å². The lowest BCUT2D eigenvalue weighted by molar-refractivity contribution is 0.331. The Balaban J connectivity index is 3.13. The van der Waals surface area contributed by atoms with E-state index in [1.165, 1.54) is 6.07 Å². The van der Waals surface area contributed by atoms with Gasteiger partial charge in [0.25, 0.3) is 0 Å². The molecular weight excluding hydrogens is 386 g/mol. The molecule has 0 aromatic heterocycles. The van der Waals surface area contributed by atoms with Crippen LogP contribution in [0.2, 0.25) is 0 Å². The van der Waals surface area contributed by atoms with Crippen molar-refractivity contribution in [3.63, 3.8) is 0 Å². The second kappa shape index (κ2) is 6.70. The number of hydrogen-bond acceptors (Lipinski definition) is 3. The van der Waals surface area contributed by atoms with Gasteiger partial charge >= 0.3 is 0 Å². The van der Waals surface area contributed by atoms with Gasteiger partial charge in [-0.05, 0) is 25.1 Å². The number of sulfonamides is 1. The molecule has 0 unspecified atom stereocenters. The number of ether oxygens (including phenoxy) is 1. The molecule has 1 aromatic carbocycles. The molecule has 18 heavy (non-hydrogen) atoms. The molecule has 1 N–H and O–H groups in total. The molecule has 100 valence electrons. The lowest BCUT2D eigenvalue weighted by atomic mass is 10.3. The van der Waals surface area contributed by atoms with Crippen molar-refractivity contribution >= 4 is 41.9 Å². The molecule has 1 rings (SSSR count). The van der Waals surface area contributed by atoms with Crippen LogP contribution < -0.4 is 9.46 Å². The molecule has 7 heteroatoms. The molecule has 0 heterocycles. The molecule has 0 aliphatic heterocycles. The third-order valence-corrected chi connectivity index (χ3v) is 4.15. The van der Waals surface area contributed by atoms with Crippen molar-refractivity contribution in [3.05, 3.63) is 33.7 Å². The van der Waals surface area contributed by atoms with Crippen molar-refractivity contribution in [1.29, 1.82) is 0 Å². The topological polar surface area (TPSA) is 55.4 Å². The summed E-state index contributed by atoms with van der Waals surface area (Å²) in [5.41, 5.74) is 0. The van der Waals surface area contributed by atoms with Crippen LogP contribution in [0.15, 0.2) is 38.6 Å². The maximum Gasteiger partial charge on any atom is 0.244 e. The maximum absolute atomic E-state index is 12.1. The molecule has 0 spiro atoms. The quantitative estimate of drug-likeness (QED) is 0.801. The van der Waals surface area contributed by atoms with Gasteiger partial charge in [0.05, 0.1) is 6.61 Å². The molecule has 0 radical (unpaired) electrons. The van der Waals surface area contributed by atoms with E-state index < -0.39 is 10.0 Å². The van der Waals surface area contributed by atoms with Crippen LogP contribution in [0.1, 0.15) is 6.92 Å². The van der Waals surface area contributed by atoms with Gasteiger partial charge in [-0.15, -0.1) is 0 Å². The van der Waals surface area contributed by atoms with Crippen molar-refractivity contribution in [2.24, 2.45) is 0 Å². The van der Waals surface area contributed by atoms with E-state index in [0.717, 1.165) is 0 Å². The summed E-state index contributed by atoms with van der Waals surface area (Å²) < 4.78 is 33.2. The fraction of sp³-hybridized carbons (Fsp3) is 0.273. The molecule has 0 bridgehead atoms. The zero-order valence-electron chi connectivity index (χ0n) is 9.74. The summed E-state index contributed by atoms with van der Waals surface area (Å²) in [6, 6.07) is 4.85. The number of hydrogen-bond donors (Lipinski definition) is 1. The molecule has 0 amide bonds. The third kappa shape index (κ3) is 4.38. The van der Waals surface area contributed by atoms with Crippen LogP contribution in [0, 0.1) is 0 Å². The minimum Gasteiger partial charge on any atom is -0.492 e. The van der Waals surface area contributed by atoms with Gasteiger partial charge in [0.15, 0.2) is 0 Å². The highest BCUT2D eigenvalue weighted by atomic mass is 79.9. The third-order valence-electron chi connectivity index (χ3n) is 1.95. The van der Waals surface area contributed by atoms with Gasteiger partial charge in [0.2, 0.25) is 10.0 Å². The van der Waals surface area contributed by atoms with Gasteiger partial charge in [-0.1, -0.05) is 38.4 Å². The maximum atomic E-state index is 12.1. The number of benzene rings is 1. The Morgan fingerprint density at radius 1 is 1.50 bits per heavy atom. The van der Waals surface area contributed by atoms with E-state index in [0.29, 0.717) is 21.3 Å². The van der Waals surface area contributed by atoms with Crippen molar-refractivity contribution in [3.8, 4) is 5.75 Å². The molecule has 0 aliphatic carbocycles. The summed E-state index contributed by atoms with van der Waals surface area (Å²) in [6.45, 7) is 5.90. The summed E-state index contributed by atoms with van der Waals surface area (Å²) in [6.07, 6.45) is 0. The average molecular weight is 399 g/mol. The van der Waals surface area contributed by atoms with Crippen LogP contribution >= 0.6 is 31.9 Å². The second-order valence-corrected chi connectivity index (χ2v) is 7.14. The molecule has 1 aromatic rings. The fourth-order valence-corrected chi connectivity index (χ4v) is 3.25. The van der Waals surface area contributed by atoms with E-state index in [9.17, 15) is 8.42 Å². The van der Waals surface area contributed by atoms with Crippen LogP contribution in [-0.2, 0) is 10.0 Å². The molecular formula is C11H13Br2NO3S. The highest BCUT2D eigenvalue weighted by Crippen LogP contribution is 2.27. The van der Waals surface area contributed by atoms with Crippen molar-refractivity contribution < 1.29 is 13.2 Å². The van der Waals surface area contributed by atoms with E-state index in [2.05, 4.69) is 43.2 Å². The Hall–Kier alpha value is -0.370. The number of halogens is 2. The first-order valence-corrected chi connectivity index (χ1v) is 8.19. The molecule has 0 aliphatic rings. The van der Waals surface area contributed by atoms with Gasteiger partial charge in [-0.2, -0.15) is 0 Å². The van der Waals surface area contributed by atoms with Gasteiger partial charge in [0, 0.05) is 15.5 Å². The standard InChI is InChI=1S/C11H13Br2NO3S/c1-3-17-10-5-4-9(13)6-11(10)18(15,16)14-7-8(2)12/h4-6,14H,2-3,7H2,1H3. The van der Waals surface area contributed by atoms with Crippen molar-refractivity contribution in [2.75, 3.05) is 13.2 Å². The normalized spacial score (nSPS) is 11.3. The first-order valence-electron chi connectivity index (χ1n) is 5.12. The highest BCUT2D eigenvalue weighted by Gasteiger charge is 2.19. The Morgan fingerprint density at radius 2 is 2.17 bits per heavy atom. The SMILES string of the molecule is C=C(Br)CNS(=O)(=O)c1cc(Br)ccc1OCC. The summed E-state index contributed by atoms with van der Waals surface area (Å²) in [5, 5.41) is 0. The molecule has 0 saturated carbocycles. The monoisotopic (exact) mass is 397 g/mol. The van der Waals surface area contributed by atoms with Gasteiger partial charge in [-0.25, -0.2) is 13.1 Å². The Morgan fingerprint density at radius 3 is 2.72 bits per heavy atom. The van der Waals surface area contributed by atoms with E-state index in [4.69, 9.17) is 4.74 Å². The predicted octanol–water partition coefficient (Wildman–Crippen LogP) is 3.03. The van der Waals surface area contributed by atoms with Crippen LogP contribution in [0.5, 0.6) is 5.75 Å². The summed E-state index contributed by atoms with van der Waals surface area (Å²) >= 11 is 6.35. The largest absolute Gasteiger partial charge is 0.492 e. The molecule has 0 saturated heterocycles. The lowest BCUT2D eigenvalue weighted by Crippen LogP contribution is -2.25. The number of rotatable bonds is 6. The smallest absolute Gasteiger partial charge is 0.244 e. The Kier molecular flexibility index (Phi) is 5.84. The van der Waals surface area contributed by atoms with E-state index in [1.54, 1.807) is 19.1 Å². The fourth-order valence-electron chi connectivity index (χ4n) is 1.22. The minimum atomic E-state index is -3.63. The van der Waals surface area contributed by atoms with Gasteiger partial charge in [-0.3, -0.25) is 0 Å². The Labute approximate surface area is 124 Å². The summed E-state index contributed by atoms with van der Waals surface area (Å²) in [4.78, 5) is 0.104. The van der Waals surface area contributed by atoms with Crippen molar-refractivity contribution in [2.45, 2.75) is 11.8 Å². The first kappa shape index (κ1) is 15.7. The number of nitrogens with one attached hydrogen (secondary N) is 1. The van der Waals surface area contributed by atoms with E-state index in [1.807, 2.05) is 0 Å². The molecule has 4 nitrogen and oxygen atoms in total. The average Bonchev–Trinajstić information content (AvgIpc) is 2.29. The predicted molar refractivity (Wildman–Crippen MR) is 78.6 cm³/mol. The minimum absolute atomic E-state index is 0.104. The molecule has 0 fully saturated rings. The van der Waals surface area contributed by atoms with E-state index in [-0.39, 0.29) is 11.4 Å². The first-order chi connectivity index (χ1) is 8.36. The van der Waals surface area contributed by atoms with Gasteiger partial charge in [0.1, 0.15) is 10.6 Å². The second-order valence-electron chi connectivity index (χ2n) is 3.37. The summed E-state index contributed by atoms with van der Waals surface area (Å²) in [5.74, 6) is 0.327. The molecule has 0 atom stereocenters. The van der Waals surface area contributed by atoms with Crippen LogP contribution in [0.25, 0.3) is 0 Å². The zero-order chi connectivity index (χ0) is 13.8. The van der Waals surface area contributed by atoms with Crippen LogP contribution in [-0.4, -0.2) is 21.6 Å². The van der Waals surface area contributed by atoms with E-state index >= 15 is 0 Å². The van der Waals surface area contributed by atoms with Crippen molar-refractivity contribution in [1.82, 2.24) is 4.72 Å². The Bertz CT molecular complexity index is 543. The van der Waals surface area contributed by atoms with Crippen LogP contribution in [0.3, 0.4) is 0 Å². The highest BCUT2D eigenvalue weighted by molar-refractivity contribution is 9.11. The summed E-state index contributed by atoms with van der Waals surface area (Å²) in [7, 11) is -3.63. The lowest BCUT2D eigenvalue weighted by Gasteiger charge is -2.12. The zero-order valence-corrected chi connectivity index (χ0v) is 13.7.